The van der Waals surface area contributed by atoms with Crippen LogP contribution in [-0.4, -0.2) is 19.6 Å². The summed E-state index contributed by atoms with van der Waals surface area (Å²) in [6.07, 6.45) is 0. The van der Waals surface area contributed by atoms with Gasteiger partial charge >= 0.3 is 0 Å². The van der Waals surface area contributed by atoms with Gasteiger partial charge in [-0.2, -0.15) is 0 Å². The molecule has 1 amide bonds. The molecule has 0 atom stereocenters. The third kappa shape index (κ3) is 4.72. The van der Waals surface area contributed by atoms with E-state index in [0.29, 0.717) is 37.9 Å². The van der Waals surface area contributed by atoms with Crippen molar-refractivity contribution >= 4 is 5.91 Å². The molecule has 1 heterocycles. The standard InChI is InChI=1S/C17H21NO4/c1-3-21-11-14-6-4-13(5-7-14)10-18-17(19)16-9-8-15(22-16)12-20-2/h4-9H,3,10-12H2,1-2H3,(H,18,19). The number of furan rings is 1. The van der Waals surface area contributed by atoms with Crippen LogP contribution in [0.1, 0.15) is 34.4 Å². The molecule has 2 aromatic rings. The van der Waals surface area contributed by atoms with Crippen molar-refractivity contribution in [3.63, 3.8) is 0 Å². The normalized spacial score (nSPS) is 10.6. The Morgan fingerprint density at radius 1 is 1.09 bits per heavy atom. The van der Waals surface area contributed by atoms with Crippen molar-refractivity contribution in [1.82, 2.24) is 5.32 Å². The van der Waals surface area contributed by atoms with Crippen molar-refractivity contribution in [3.8, 4) is 0 Å². The number of ether oxygens (including phenoxy) is 2. The summed E-state index contributed by atoms with van der Waals surface area (Å²) in [5.74, 6) is 0.689. The maximum Gasteiger partial charge on any atom is 0.287 e. The van der Waals surface area contributed by atoms with E-state index in [1.165, 1.54) is 0 Å². The van der Waals surface area contributed by atoms with E-state index in [1.807, 2.05) is 31.2 Å². The topological polar surface area (TPSA) is 60.7 Å². The predicted molar refractivity (Wildman–Crippen MR) is 82.4 cm³/mol. The molecule has 0 radical (unpaired) electrons. The quantitative estimate of drug-likeness (QED) is 0.814. The van der Waals surface area contributed by atoms with Crippen molar-refractivity contribution in [2.24, 2.45) is 0 Å². The Labute approximate surface area is 130 Å². The second kappa shape index (κ2) is 8.36. The van der Waals surface area contributed by atoms with Gasteiger partial charge in [0.25, 0.3) is 5.91 Å². The van der Waals surface area contributed by atoms with Gasteiger partial charge in [-0.1, -0.05) is 24.3 Å². The molecule has 0 saturated carbocycles. The van der Waals surface area contributed by atoms with Gasteiger partial charge in [-0.3, -0.25) is 4.79 Å². The lowest BCUT2D eigenvalue weighted by atomic mass is 10.1. The monoisotopic (exact) mass is 303 g/mol. The lowest BCUT2D eigenvalue weighted by Gasteiger charge is -2.06. The van der Waals surface area contributed by atoms with Crippen molar-refractivity contribution in [2.45, 2.75) is 26.7 Å². The SMILES string of the molecule is CCOCc1ccc(CNC(=O)c2ccc(COC)o2)cc1. The third-order valence-electron chi connectivity index (χ3n) is 3.12. The number of methoxy groups -OCH3 is 1. The summed E-state index contributed by atoms with van der Waals surface area (Å²) in [7, 11) is 1.58. The van der Waals surface area contributed by atoms with Gasteiger partial charge in [-0.05, 0) is 30.2 Å². The van der Waals surface area contributed by atoms with Crippen molar-refractivity contribution < 1.29 is 18.7 Å². The van der Waals surface area contributed by atoms with Crippen molar-refractivity contribution in [3.05, 3.63) is 59.0 Å². The Morgan fingerprint density at radius 2 is 1.82 bits per heavy atom. The Morgan fingerprint density at radius 3 is 2.50 bits per heavy atom. The zero-order valence-electron chi connectivity index (χ0n) is 12.9. The van der Waals surface area contributed by atoms with Gasteiger partial charge in [-0.15, -0.1) is 0 Å². The van der Waals surface area contributed by atoms with E-state index in [-0.39, 0.29) is 5.91 Å². The number of nitrogens with one attached hydrogen (secondary N) is 1. The lowest BCUT2D eigenvalue weighted by molar-refractivity contribution is 0.0914. The smallest absolute Gasteiger partial charge is 0.287 e. The van der Waals surface area contributed by atoms with Crippen LogP contribution < -0.4 is 5.32 Å². The average molecular weight is 303 g/mol. The minimum atomic E-state index is -0.235. The van der Waals surface area contributed by atoms with Crippen LogP contribution in [0, 0.1) is 0 Å². The number of hydrogen-bond acceptors (Lipinski definition) is 4. The minimum absolute atomic E-state index is 0.235. The highest BCUT2D eigenvalue weighted by atomic mass is 16.5. The first kappa shape index (κ1) is 16.3. The fourth-order valence-electron chi connectivity index (χ4n) is 1.96. The van der Waals surface area contributed by atoms with Gasteiger partial charge in [0.2, 0.25) is 0 Å². The lowest BCUT2D eigenvalue weighted by Crippen LogP contribution is -2.22. The Bertz CT molecular complexity index is 589. The fraction of sp³-hybridized carbons (Fsp3) is 0.353. The molecule has 22 heavy (non-hydrogen) atoms. The van der Waals surface area contributed by atoms with Crippen LogP contribution >= 0.6 is 0 Å². The van der Waals surface area contributed by atoms with Crippen LogP contribution in [0.5, 0.6) is 0 Å². The molecule has 1 aromatic heterocycles. The van der Waals surface area contributed by atoms with Crippen LogP contribution in [0.25, 0.3) is 0 Å². The zero-order valence-corrected chi connectivity index (χ0v) is 12.9. The van der Waals surface area contributed by atoms with Crippen molar-refractivity contribution in [2.75, 3.05) is 13.7 Å². The summed E-state index contributed by atoms with van der Waals surface area (Å²) in [5, 5.41) is 2.83. The number of benzene rings is 1. The number of carbonyl (C=O) groups excluding carboxylic acids is 1. The van der Waals surface area contributed by atoms with Crippen molar-refractivity contribution in [1.29, 1.82) is 0 Å². The first-order valence-corrected chi connectivity index (χ1v) is 7.24. The highest BCUT2D eigenvalue weighted by Crippen LogP contribution is 2.10. The predicted octanol–water partition coefficient (Wildman–Crippen LogP) is 2.89. The fourth-order valence-corrected chi connectivity index (χ4v) is 1.96. The molecule has 1 N–H and O–H groups in total. The third-order valence-corrected chi connectivity index (χ3v) is 3.12. The Balaban J connectivity index is 1.84. The summed E-state index contributed by atoms with van der Waals surface area (Å²) < 4.78 is 15.7. The summed E-state index contributed by atoms with van der Waals surface area (Å²) in [5.41, 5.74) is 2.14. The summed E-state index contributed by atoms with van der Waals surface area (Å²) in [4.78, 5) is 12.0. The molecule has 0 unspecified atom stereocenters. The second-order valence-corrected chi connectivity index (χ2v) is 4.84. The molecule has 0 bridgehead atoms. The van der Waals surface area contributed by atoms with Crippen LogP contribution in [0.4, 0.5) is 0 Å². The van der Waals surface area contributed by atoms with E-state index in [1.54, 1.807) is 19.2 Å². The Kier molecular flexibility index (Phi) is 6.18. The van der Waals surface area contributed by atoms with Crippen LogP contribution in [0.15, 0.2) is 40.8 Å². The van der Waals surface area contributed by atoms with E-state index in [4.69, 9.17) is 13.9 Å². The van der Waals surface area contributed by atoms with Gasteiger partial charge in [0.1, 0.15) is 12.4 Å². The van der Waals surface area contributed by atoms with Gasteiger partial charge in [0.05, 0.1) is 6.61 Å². The van der Waals surface area contributed by atoms with Gasteiger partial charge in [0.15, 0.2) is 5.76 Å². The second-order valence-electron chi connectivity index (χ2n) is 4.84. The molecule has 0 aliphatic rings. The zero-order chi connectivity index (χ0) is 15.8. The number of rotatable bonds is 8. The summed E-state index contributed by atoms with van der Waals surface area (Å²) in [6.45, 7) is 4.09. The largest absolute Gasteiger partial charge is 0.453 e. The molecule has 5 heteroatoms. The maximum atomic E-state index is 12.0. The number of amides is 1. The molecule has 0 aliphatic carbocycles. The highest BCUT2D eigenvalue weighted by molar-refractivity contribution is 5.91. The molecule has 0 saturated heterocycles. The van der Waals surface area contributed by atoms with E-state index >= 15 is 0 Å². The van der Waals surface area contributed by atoms with E-state index in [9.17, 15) is 4.79 Å². The summed E-state index contributed by atoms with van der Waals surface area (Å²) >= 11 is 0. The van der Waals surface area contributed by atoms with E-state index < -0.39 is 0 Å². The molecule has 0 fully saturated rings. The average Bonchev–Trinajstić information content (AvgIpc) is 3.01. The summed E-state index contributed by atoms with van der Waals surface area (Å²) in [6, 6.07) is 11.3. The van der Waals surface area contributed by atoms with E-state index in [0.717, 1.165) is 11.1 Å². The molecular weight excluding hydrogens is 282 g/mol. The van der Waals surface area contributed by atoms with Gasteiger partial charge in [-0.25, -0.2) is 0 Å². The molecule has 1 aromatic carbocycles. The Hall–Kier alpha value is -2.11. The van der Waals surface area contributed by atoms with Crippen LogP contribution in [0.2, 0.25) is 0 Å². The molecule has 5 nitrogen and oxygen atoms in total. The highest BCUT2D eigenvalue weighted by Gasteiger charge is 2.10. The minimum Gasteiger partial charge on any atom is -0.453 e. The van der Waals surface area contributed by atoms with Crippen LogP contribution in [-0.2, 0) is 29.2 Å². The number of hydrogen-bond donors (Lipinski definition) is 1. The molecule has 0 aliphatic heterocycles. The van der Waals surface area contributed by atoms with E-state index in [2.05, 4.69) is 5.32 Å². The maximum absolute atomic E-state index is 12.0. The molecule has 2 rings (SSSR count). The molecule has 118 valence electrons. The first-order chi connectivity index (χ1) is 10.7. The van der Waals surface area contributed by atoms with Crippen LogP contribution in [0.3, 0.4) is 0 Å². The molecule has 0 spiro atoms. The van der Waals surface area contributed by atoms with Gasteiger partial charge in [0, 0.05) is 20.3 Å². The molecular formula is C17H21NO4. The number of carbonyl (C=O) groups is 1. The first-order valence-electron chi connectivity index (χ1n) is 7.24. The van der Waals surface area contributed by atoms with Gasteiger partial charge < -0.3 is 19.2 Å².